The number of rotatable bonds is 16. The van der Waals surface area contributed by atoms with Crippen LogP contribution in [0.3, 0.4) is 0 Å². The Bertz CT molecular complexity index is 318. The van der Waals surface area contributed by atoms with E-state index >= 15 is 0 Å². The van der Waals surface area contributed by atoms with Gasteiger partial charge < -0.3 is 4.43 Å². The predicted octanol–water partition coefficient (Wildman–Crippen LogP) is 7.40. The molecule has 2 nitrogen and oxygen atoms in total. The van der Waals surface area contributed by atoms with E-state index in [1.54, 1.807) is 0 Å². The smallest absolute Gasteiger partial charge is 0.292 e. The lowest BCUT2D eigenvalue weighted by Gasteiger charge is -2.17. The number of hydrogen-bond acceptors (Lipinski definition) is 2. The van der Waals surface area contributed by atoms with Crippen LogP contribution in [-0.4, -0.2) is 14.3 Å². The van der Waals surface area contributed by atoms with Crippen LogP contribution in [0.15, 0.2) is 12.2 Å². The van der Waals surface area contributed by atoms with E-state index < -0.39 is 8.32 Å². The third kappa shape index (κ3) is 19.5. The van der Waals surface area contributed by atoms with Crippen molar-refractivity contribution >= 4 is 14.3 Å². The van der Waals surface area contributed by atoms with E-state index in [9.17, 15) is 4.79 Å². The van der Waals surface area contributed by atoms with Gasteiger partial charge >= 0.3 is 0 Å². The molecule has 0 N–H and O–H groups in total. The number of hydrogen-bond donors (Lipinski definition) is 0. The molecule has 0 rings (SSSR count). The Morgan fingerprint density at radius 2 is 1.21 bits per heavy atom. The van der Waals surface area contributed by atoms with Crippen LogP contribution in [-0.2, 0) is 9.22 Å². The van der Waals surface area contributed by atoms with Gasteiger partial charge in [0.15, 0.2) is 0 Å². The first-order valence-electron chi connectivity index (χ1n) is 10.3. The Balaban J connectivity index is 3.20. The lowest BCUT2D eigenvalue weighted by atomic mass is 10.1. The molecule has 0 atom stereocenters. The molecule has 24 heavy (non-hydrogen) atoms. The van der Waals surface area contributed by atoms with Crippen molar-refractivity contribution in [3.05, 3.63) is 12.2 Å². The number of allylic oxidation sites excluding steroid dienone is 2. The zero-order valence-corrected chi connectivity index (χ0v) is 17.9. The van der Waals surface area contributed by atoms with Crippen LogP contribution in [0.4, 0.5) is 0 Å². The molecule has 0 radical (unpaired) electrons. The summed E-state index contributed by atoms with van der Waals surface area (Å²) in [4.78, 5) is 11.6. The largest absolute Gasteiger partial charge is 0.520 e. The van der Waals surface area contributed by atoms with Crippen molar-refractivity contribution in [1.29, 1.82) is 0 Å². The third-order valence-corrected chi connectivity index (χ3v) is 4.90. The van der Waals surface area contributed by atoms with E-state index in [-0.39, 0.29) is 5.97 Å². The number of carbonyl (C=O) groups excluding carboxylic acids is 1. The highest BCUT2D eigenvalue weighted by molar-refractivity contribution is 6.71. The fourth-order valence-electron chi connectivity index (χ4n) is 2.72. The van der Waals surface area contributed by atoms with Gasteiger partial charge in [0.2, 0.25) is 8.32 Å². The Labute approximate surface area is 152 Å². The Hall–Kier alpha value is -0.573. The monoisotopic (exact) mass is 354 g/mol. The summed E-state index contributed by atoms with van der Waals surface area (Å²) in [6.45, 7) is 8.44. The van der Waals surface area contributed by atoms with Gasteiger partial charge in [0.1, 0.15) is 0 Å². The van der Waals surface area contributed by atoms with Crippen LogP contribution in [0, 0.1) is 0 Å². The van der Waals surface area contributed by atoms with Crippen molar-refractivity contribution in [3.8, 4) is 0 Å². The summed E-state index contributed by atoms with van der Waals surface area (Å²) in [5.74, 6) is 0.0120. The molecule has 0 saturated heterocycles. The second-order valence-electron chi connectivity index (χ2n) is 7.92. The molecule has 0 unspecified atom stereocenters. The molecule has 0 bridgehead atoms. The minimum Gasteiger partial charge on any atom is -0.520 e. The first-order valence-corrected chi connectivity index (χ1v) is 13.7. The highest BCUT2D eigenvalue weighted by atomic mass is 28.4. The molecule has 0 aromatic rings. The molecule has 0 saturated carbocycles. The average molecular weight is 355 g/mol. The maximum Gasteiger partial charge on any atom is 0.292 e. The van der Waals surface area contributed by atoms with Gasteiger partial charge in [0.25, 0.3) is 5.97 Å². The minimum atomic E-state index is -1.68. The maximum absolute atomic E-state index is 11.6. The van der Waals surface area contributed by atoms with Crippen LogP contribution in [0.5, 0.6) is 0 Å². The second kappa shape index (κ2) is 15.9. The van der Waals surface area contributed by atoms with Crippen molar-refractivity contribution in [2.24, 2.45) is 0 Å². The maximum atomic E-state index is 11.6. The minimum absolute atomic E-state index is 0.0120. The summed E-state index contributed by atoms with van der Waals surface area (Å²) in [6.07, 6.45) is 22.0. The third-order valence-electron chi connectivity index (χ3n) is 4.06. The first kappa shape index (κ1) is 23.4. The lowest BCUT2D eigenvalue weighted by Crippen LogP contribution is -2.28. The van der Waals surface area contributed by atoms with Crippen LogP contribution in [0.25, 0.3) is 0 Å². The highest BCUT2D eigenvalue weighted by Crippen LogP contribution is 2.13. The van der Waals surface area contributed by atoms with Crippen LogP contribution in [0.1, 0.15) is 96.8 Å². The molecule has 3 heteroatoms. The average Bonchev–Trinajstić information content (AvgIpc) is 2.49. The summed E-state index contributed by atoms with van der Waals surface area (Å²) >= 11 is 0. The topological polar surface area (TPSA) is 26.3 Å². The molecular formula is C21H42O2Si. The van der Waals surface area contributed by atoms with Gasteiger partial charge in [-0.2, -0.15) is 0 Å². The Morgan fingerprint density at radius 1 is 0.750 bits per heavy atom. The molecule has 142 valence electrons. The van der Waals surface area contributed by atoms with Crippen LogP contribution < -0.4 is 0 Å². The molecule has 0 aliphatic rings. The Morgan fingerprint density at radius 3 is 1.71 bits per heavy atom. The molecule has 0 fully saturated rings. The molecule has 0 aliphatic heterocycles. The number of unbranched alkanes of at least 4 members (excludes halogenated alkanes) is 11. The van der Waals surface area contributed by atoms with Crippen LogP contribution in [0.2, 0.25) is 19.6 Å². The van der Waals surface area contributed by atoms with E-state index in [1.165, 1.54) is 77.0 Å². The standard InChI is InChI=1S/C21H42O2Si/c1-5-6-7-8-9-10-11-12-13-14-15-16-17-18-19-20-21(22)23-24(2,3)4/h8-9H,5-7,10-20H2,1-4H3/b9-8+. The molecule has 0 aromatic heterocycles. The van der Waals surface area contributed by atoms with Gasteiger partial charge in [-0.05, 0) is 45.3 Å². The number of carbonyl (C=O) groups is 1. The summed E-state index contributed by atoms with van der Waals surface area (Å²) in [5.41, 5.74) is 0. The molecule has 0 amide bonds. The van der Waals surface area contributed by atoms with Crippen molar-refractivity contribution in [1.82, 2.24) is 0 Å². The zero-order chi connectivity index (χ0) is 18.1. The van der Waals surface area contributed by atoms with Crippen molar-refractivity contribution < 1.29 is 9.22 Å². The highest BCUT2D eigenvalue weighted by Gasteiger charge is 2.19. The molecule has 0 aliphatic carbocycles. The summed E-state index contributed by atoms with van der Waals surface area (Å²) in [5, 5.41) is 0. The molecule has 0 spiro atoms. The van der Waals surface area contributed by atoms with E-state index in [4.69, 9.17) is 4.43 Å². The van der Waals surface area contributed by atoms with Crippen molar-refractivity contribution in [3.63, 3.8) is 0 Å². The molecular weight excluding hydrogens is 312 g/mol. The predicted molar refractivity (Wildman–Crippen MR) is 109 cm³/mol. The summed E-state index contributed by atoms with van der Waals surface area (Å²) in [6, 6.07) is 0. The van der Waals surface area contributed by atoms with Gasteiger partial charge in [-0.25, -0.2) is 0 Å². The fraction of sp³-hybridized carbons (Fsp3) is 0.857. The summed E-state index contributed by atoms with van der Waals surface area (Å²) < 4.78 is 5.45. The van der Waals surface area contributed by atoms with Crippen molar-refractivity contribution in [2.75, 3.05) is 0 Å². The van der Waals surface area contributed by atoms with Crippen molar-refractivity contribution in [2.45, 2.75) is 116 Å². The lowest BCUT2D eigenvalue weighted by molar-refractivity contribution is -0.135. The van der Waals surface area contributed by atoms with Crippen LogP contribution >= 0.6 is 0 Å². The molecule has 0 aromatic carbocycles. The molecule has 0 heterocycles. The van der Waals surface area contributed by atoms with E-state index in [0.717, 1.165) is 6.42 Å². The summed E-state index contributed by atoms with van der Waals surface area (Å²) in [7, 11) is -1.68. The van der Waals surface area contributed by atoms with E-state index in [1.807, 2.05) is 0 Å². The van der Waals surface area contributed by atoms with Gasteiger partial charge in [0, 0.05) is 6.42 Å². The normalized spacial score (nSPS) is 12.0. The fourth-order valence-corrected chi connectivity index (χ4v) is 3.50. The first-order chi connectivity index (χ1) is 11.5. The van der Waals surface area contributed by atoms with E-state index in [0.29, 0.717) is 6.42 Å². The zero-order valence-electron chi connectivity index (χ0n) is 16.9. The Kier molecular flexibility index (Phi) is 15.5. The quantitative estimate of drug-likeness (QED) is 0.164. The van der Waals surface area contributed by atoms with Gasteiger partial charge in [0.05, 0.1) is 0 Å². The van der Waals surface area contributed by atoms with Gasteiger partial charge in [-0.1, -0.05) is 76.9 Å². The van der Waals surface area contributed by atoms with Gasteiger partial charge in [-0.3, -0.25) is 4.79 Å². The second-order valence-corrected chi connectivity index (χ2v) is 12.3. The van der Waals surface area contributed by atoms with Gasteiger partial charge in [-0.15, -0.1) is 0 Å². The SMILES string of the molecule is CCCC/C=C/CCCCCCCCCCCC(=O)O[Si](C)(C)C. The van der Waals surface area contributed by atoms with E-state index in [2.05, 4.69) is 38.7 Å².